The maximum Gasteiger partial charge on any atom is 0.251 e. The van der Waals surface area contributed by atoms with Crippen molar-refractivity contribution in [3.8, 4) is 0 Å². The topological polar surface area (TPSA) is 52.6 Å². The minimum atomic E-state index is -0.304. The summed E-state index contributed by atoms with van der Waals surface area (Å²) >= 11 is 0. The van der Waals surface area contributed by atoms with Gasteiger partial charge in [-0.15, -0.1) is 0 Å². The molecule has 1 atom stereocenters. The number of carbonyl (C=O) groups excluding carboxylic acids is 1. The van der Waals surface area contributed by atoms with Gasteiger partial charge in [0, 0.05) is 18.7 Å². The Kier molecular flexibility index (Phi) is 6.53. The zero-order valence-electron chi connectivity index (χ0n) is 12.0. The number of nitrogens with one attached hydrogen (secondary N) is 1. The van der Waals surface area contributed by atoms with E-state index in [2.05, 4.69) is 10.2 Å². The lowest BCUT2D eigenvalue weighted by atomic mass is 10.1. The van der Waals surface area contributed by atoms with Crippen LogP contribution in [0.15, 0.2) is 24.3 Å². The summed E-state index contributed by atoms with van der Waals surface area (Å²) in [5, 5.41) is 12.0. The molecule has 19 heavy (non-hydrogen) atoms. The molecule has 1 unspecified atom stereocenters. The van der Waals surface area contributed by atoms with Crippen molar-refractivity contribution in [2.45, 2.75) is 32.4 Å². The standard InChI is InChI=1S/C15H24N2O2/c1-12(18)5-4-10-16-15(19)14-8-6-13(7-9-14)11-17(2)3/h6-9,12,18H,4-5,10-11H2,1-3H3,(H,16,19). The normalized spacial score (nSPS) is 12.5. The van der Waals surface area contributed by atoms with E-state index in [1.54, 1.807) is 6.92 Å². The van der Waals surface area contributed by atoms with Gasteiger partial charge in [-0.3, -0.25) is 4.79 Å². The molecule has 0 aliphatic rings. The second kappa shape index (κ2) is 7.92. The average molecular weight is 264 g/mol. The molecule has 1 rings (SSSR count). The van der Waals surface area contributed by atoms with Gasteiger partial charge in [0.15, 0.2) is 0 Å². The van der Waals surface area contributed by atoms with E-state index in [-0.39, 0.29) is 12.0 Å². The predicted octanol–water partition coefficient (Wildman–Crippen LogP) is 1.64. The van der Waals surface area contributed by atoms with Crippen molar-refractivity contribution in [3.63, 3.8) is 0 Å². The van der Waals surface area contributed by atoms with Crippen LogP contribution >= 0.6 is 0 Å². The van der Waals surface area contributed by atoms with Crippen LogP contribution in [-0.2, 0) is 6.54 Å². The summed E-state index contributed by atoms with van der Waals surface area (Å²) in [4.78, 5) is 13.9. The molecule has 0 spiro atoms. The summed E-state index contributed by atoms with van der Waals surface area (Å²) in [7, 11) is 4.03. The van der Waals surface area contributed by atoms with Crippen LogP contribution in [0.1, 0.15) is 35.7 Å². The fraction of sp³-hybridized carbons (Fsp3) is 0.533. The van der Waals surface area contributed by atoms with Crippen molar-refractivity contribution in [3.05, 3.63) is 35.4 Å². The molecule has 0 bridgehead atoms. The summed E-state index contributed by atoms with van der Waals surface area (Å²) < 4.78 is 0. The van der Waals surface area contributed by atoms with Gasteiger partial charge in [-0.05, 0) is 51.6 Å². The molecule has 4 nitrogen and oxygen atoms in total. The van der Waals surface area contributed by atoms with Crippen LogP contribution in [-0.4, -0.2) is 42.7 Å². The zero-order valence-corrected chi connectivity index (χ0v) is 12.0. The molecule has 0 aliphatic heterocycles. The van der Waals surface area contributed by atoms with Gasteiger partial charge in [0.05, 0.1) is 6.10 Å². The van der Waals surface area contributed by atoms with Crippen LogP contribution in [0.2, 0.25) is 0 Å². The molecule has 0 radical (unpaired) electrons. The summed E-state index contributed by atoms with van der Waals surface area (Å²) in [6.07, 6.45) is 1.20. The number of nitrogens with zero attached hydrogens (tertiary/aromatic N) is 1. The Morgan fingerprint density at radius 2 is 1.95 bits per heavy atom. The molecule has 1 aromatic rings. The van der Waals surface area contributed by atoms with E-state index in [0.29, 0.717) is 18.5 Å². The maximum atomic E-state index is 11.8. The number of benzene rings is 1. The third-order valence-electron chi connectivity index (χ3n) is 2.80. The monoisotopic (exact) mass is 264 g/mol. The molecule has 0 saturated heterocycles. The van der Waals surface area contributed by atoms with Gasteiger partial charge < -0.3 is 15.3 Å². The highest BCUT2D eigenvalue weighted by Gasteiger charge is 2.05. The maximum absolute atomic E-state index is 11.8. The quantitative estimate of drug-likeness (QED) is 0.736. The minimum absolute atomic E-state index is 0.0537. The molecular weight excluding hydrogens is 240 g/mol. The Morgan fingerprint density at radius 1 is 1.32 bits per heavy atom. The Hall–Kier alpha value is -1.39. The average Bonchev–Trinajstić information content (AvgIpc) is 2.34. The molecule has 0 saturated carbocycles. The molecule has 0 fully saturated rings. The van der Waals surface area contributed by atoms with Gasteiger partial charge in [-0.25, -0.2) is 0 Å². The van der Waals surface area contributed by atoms with Gasteiger partial charge in [-0.2, -0.15) is 0 Å². The Labute approximate surface area is 115 Å². The first-order valence-corrected chi connectivity index (χ1v) is 6.69. The van der Waals surface area contributed by atoms with Crippen LogP contribution in [0.25, 0.3) is 0 Å². The third kappa shape index (κ3) is 6.36. The molecule has 0 heterocycles. The lowest BCUT2D eigenvalue weighted by Crippen LogP contribution is -2.25. The summed E-state index contributed by atoms with van der Waals surface area (Å²) in [5.74, 6) is -0.0537. The largest absolute Gasteiger partial charge is 0.393 e. The first-order chi connectivity index (χ1) is 8.99. The highest BCUT2D eigenvalue weighted by atomic mass is 16.3. The summed E-state index contributed by atoms with van der Waals surface area (Å²) in [6.45, 7) is 3.23. The Morgan fingerprint density at radius 3 is 2.47 bits per heavy atom. The third-order valence-corrected chi connectivity index (χ3v) is 2.80. The van der Waals surface area contributed by atoms with E-state index in [9.17, 15) is 4.79 Å². The molecule has 106 valence electrons. The minimum Gasteiger partial charge on any atom is -0.393 e. The fourth-order valence-corrected chi connectivity index (χ4v) is 1.83. The first kappa shape index (κ1) is 15.7. The van der Waals surface area contributed by atoms with Crippen LogP contribution in [0.4, 0.5) is 0 Å². The smallest absolute Gasteiger partial charge is 0.251 e. The number of aliphatic hydroxyl groups excluding tert-OH is 1. The van der Waals surface area contributed by atoms with E-state index in [1.165, 1.54) is 5.56 Å². The molecule has 2 N–H and O–H groups in total. The highest BCUT2D eigenvalue weighted by Crippen LogP contribution is 2.06. The van der Waals surface area contributed by atoms with E-state index < -0.39 is 0 Å². The number of carbonyl (C=O) groups is 1. The Bertz CT molecular complexity index is 386. The molecule has 4 heteroatoms. The second-order valence-corrected chi connectivity index (χ2v) is 5.18. The lowest BCUT2D eigenvalue weighted by molar-refractivity contribution is 0.0949. The summed E-state index contributed by atoms with van der Waals surface area (Å²) in [6, 6.07) is 7.65. The number of hydrogen-bond acceptors (Lipinski definition) is 3. The number of amides is 1. The first-order valence-electron chi connectivity index (χ1n) is 6.69. The van der Waals surface area contributed by atoms with Crippen LogP contribution in [0.5, 0.6) is 0 Å². The van der Waals surface area contributed by atoms with E-state index in [4.69, 9.17) is 5.11 Å². The van der Waals surface area contributed by atoms with Crippen molar-refractivity contribution in [1.29, 1.82) is 0 Å². The number of hydrogen-bond donors (Lipinski definition) is 2. The highest BCUT2D eigenvalue weighted by molar-refractivity contribution is 5.94. The molecule has 1 aromatic carbocycles. The van der Waals surface area contributed by atoms with Crippen molar-refractivity contribution in [1.82, 2.24) is 10.2 Å². The van der Waals surface area contributed by atoms with Crippen LogP contribution < -0.4 is 5.32 Å². The van der Waals surface area contributed by atoms with Crippen molar-refractivity contribution in [2.75, 3.05) is 20.6 Å². The molecular formula is C15H24N2O2. The van der Waals surface area contributed by atoms with Crippen LogP contribution in [0, 0.1) is 0 Å². The molecule has 0 aliphatic carbocycles. The van der Waals surface area contributed by atoms with Gasteiger partial charge in [0.25, 0.3) is 5.91 Å². The number of aliphatic hydroxyl groups is 1. The van der Waals surface area contributed by atoms with Crippen LogP contribution in [0.3, 0.4) is 0 Å². The van der Waals surface area contributed by atoms with Crippen molar-refractivity contribution < 1.29 is 9.90 Å². The van der Waals surface area contributed by atoms with E-state index in [1.807, 2.05) is 38.4 Å². The molecule has 1 amide bonds. The molecule has 0 aromatic heterocycles. The van der Waals surface area contributed by atoms with Gasteiger partial charge in [-0.1, -0.05) is 12.1 Å². The van der Waals surface area contributed by atoms with Gasteiger partial charge in [0.1, 0.15) is 0 Å². The van der Waals surface area contributed by atoms with E-state index >= 15 is 0 Å². The lowest BCUT2D eigenvalue weighted by Gasteiger charge is -2.10. The predicted molar refractivity (Wildman–Crippen MR) is 77.1 cm³/mol. The second-order valence-electron chi connectivity index (χ2n) is 5.18. The Balaban J connectivity index is 2.40. The van der Waals surface area contributed by atoms with Crippen molar-refractivity contribution >= 4 is 5.91 Å². The summed E-state index contributed by atoms with van der Waals surface area (Å²) in [5.41, 5.74) is 1.87. The van der Waals surface area contributed by atoms with E-state index in [0.717, 1.165) is 13.0 Å². The van der Waals surface area contributed by atoms with Gasteiger partial charge >= 0.3 is 0 Å². The fourth-order valence-electron chi connectivity index (χ4n) is 1.83. The number of rotatable bonds is 7. The zero-order chi connectivity index (χ0) is 14.3. The van der Waals surface area contributed by atoms with Crippen molar-refractivity contribution in [2.24, 2.45) is 0 Å². The SMILES string of the molecule is CC(O)CCCNC(=O)c1ccc(CN(C)C)cc1. The van der Waals surface area contributed by atoms with Gasteiger partial charge in [0.2, 0.25) is 0 Å².